The van der Waals surface area contributed by atoms with Crippen LogP contribution in [0.3, 0.4) is 0 Å². The minimum Gasteiger partial charge on any atom is -0.455 e. The summed E-state index contributed by atoms with van der Waals surface area (Å²) in [5.41, 5.74) is 6.04. The zero-order chi connectivity index (χ0) is 18.4. The third-order valence-electron chi connectivity index (χ3n) is 4.56. The molecule has 0 aliphatic carbocycles. The van der Waals surface area contributed by atoms with E-state index < -0.39 is 0 Å². The molecule has 1 aliphatic rings. The highest BCUT2D eigenvalue weighted by Gasteiger charge is 2.28. The lowest BCUT2D eigenvalue weighted by atomic mass is 9.97. The number of para-hydroxylation sites is 3. The van der Waals surface area contributed by atoms with E-state index in [4.69, 9.17) is 10.5 Å². The number of carbonyl (C=O) groups is 2. The van der Waals surface area contributed by atoms with Crippen molar-refractivity contribution in [3.05, 3.63) is 54.6 Å². The number of primary amides is 1. The number of nitrogens with one attached hydrogen (secondary N) is 2. The molecule has 3 rings (SSSR count). The number of quaternary nitrogens is 1. The van der Waals surface area contributed by atoms with Gasteiger partial charge in [0.05, 0.1) is 24.7 Å². The predicted octanol–water partition coefficient (Wildman–Crippen LogP) is 1.20. The fourth-order valence-electron chi connectivity index (χ4n) is 3.25. The fourth-order valence-corrected chi connectivity index (χ4v) is 3.25. The Morgan fingerprint density at radius 1 is 1.12 bits per heavy atom. The van der Waals surface area contributed by atoms with Crippen LogP contribution in [0.2, 0.25) is 0 Å². The van der Waals surface area contributed by atoms with E-state index in [-0.39, 0.29) is 17.7 Å². The number of hydrogen-bond acceptors (Lipinski definition) is 3. The van der Waals surface area contributed by atoms with Crippen molar-refractivity contribution in [2.24, 2.45) is 11.7 Å². The Labute approximate surface area is 152 Å². The molecule has 2 amide bonds. The molecule has 1 fully saturated rings. The van der Waals surface area contributed by atoms with Gasteiger partial charge in [-0.25, -0.2) is 0 Å². The summed E-state index contributed by atoms with van der Waals surface area (Å²) in [5, 5.41) is 2.92. The maximum Gasteiger partial charge on any atom is 0.279 e. The molecule has 26 heavy (non-hydrogen) atoms. The predicted molar refractivity (Wildman–Crippen MR) is 99.1 cm³/mol. The van der Waals surface area contributed by atoms with Gasteiger partial charge in [-0.05, 0) is 37.1 Å². The number of nitrogens with two attached hydrogens (primary N) is 1. The molecule has 1 heterocycles. The number of hydrogen-bond donors (Lipinski definition) is 3. The highest BCUT2D eigenvalue weighted by atomic mass is 16.5. The second-order valence-electron chi connectivity index (χ2n) is 6.58. The summed E-state index contributed by atoms with van der Waals surface area (Å²) in [6, 6.07) is 16.8. The molecule has 1 aliphatic heterocycles. The molecule has 4 N–H and O–H groups in total. The molecule has 6 heteroatoms. The monoisotopic (exact) mass is 354 g/mol. The van der Waals surface area contributed by atoms with Gasteiger partial charge in [-0.15, -0.1) is 0 Å². The van der Waals surface area contributed by atoms with E-state index in [0.29, 0.717) is 30.3 Å². The van der Waals surface area contributed by atoms with Crippen molar-refractivity contribution < 1.29 is 19.2 Å². The van der Waals surface area contributed by atoms with Crippen LogP contribution in [-0.4, -0.2) is 31.4 Å². The van der Waals surface area contributed by atoms with Crippen LogP contribution in [0, 0.1) is 5.92 Å². The van der Waals surface area contributed by atoms with Crippen LogP contribution >= 0.6 is 0 Å². The van der Waals surface area contributed by atoms with E-state index in [1.807, 2.05) is 54.6 Å². The number of amides is 2. The van der Waals surface area contributed by atoms with Crippen LogP contribution in [-0.2, 0) is 9.59 Å². The molecule has 2 aromatic carbocycles. The number of ether oxygens (including phenoxy) is 1. The molecule has 6 nitrogen and oxygen atoms in total. The summed E-state index contributed by atoms with van der Waals surface area (Å²) < 4.78 is 5.87. The van der Waals surface area contributed by atoms with Crippen molar-refractivity contribution >= 4 is 17.5 Å². The number of rotatable bonds is 6. The summed E-state index contributed by atoms with van der Waals surface area (Å²) in [5.74, 6) is 0.787. The molecule has 0 spiro atoms. The molecular weight excluding hydrogens is 330 g/mol. The van der Waals surface area contributed by atoms with Crippen molar-refractivity contribution in [2.75, 3.05) is 25.0 Å². The first kappa shape index (κ1) is 17.9. The van der Waals surface area contributed by atoms with E-state index in [1.54, 1.807) is 0 Å². The number of benzene rings is 2. The molecule has 1 saturated heterocycles. The Bertz CT molecular complexity index is 764. The van der Waals surface area contributed by atoms with Crippen LogP contribution in [0.25, 0.3) is 0 Å². The van der Waals surface area contributed by atoms with E-state index in [2.05, 4.69) is 5.32 Å². The third kappa shape index (κ3) is 4.83. The number of carbonyl (C=O) groups excluding carboxylic acids is 2. The van der Waals surface area contributed by atoms with Crippen molar-refractivity contribution in [1.82, 2.24) is 0 Å². The highest BCUT2D eigenvalue weighted by molar-refractivity contribution is 5.93. The minimum absolute atomic E-state index is 0.103. The maximum absolute atomic E-state index is 12.5. The molecule has 2 aromatic rings. The van der Waals surface area contributed by atoms with Gasteiger partial charge in [0.2, 0.25) is 5.91 Å². The lowest BCUT2D eigenvalue weighted by Gasteiger charge is -2.27. The molecule has 1 unspecified atom stereocenters. The molecule has 2 atom stereocenters. The van der Waals surface area contributed by atoms with Crippen molar-refractivity contribution in [3.63, 3.8) is 0 Å². The van der Waals surface area contributed by atoms with Crippen LogP contribution in [0.4, 0.5) is 5.69 Å². The van der Waals surface area contributed by atoms with Crippen LogP contribution < -0.4 is 20.7 Å². The summed E-state index contributed by atoms with van der Waals surface area (Å²) in [6.45, 7) is 1.80. The van der Waals surface area contributed by atoms with Crippen molar-refractivity contribution in [1.29, 1.82) is 0 Å². The first-order valence-electron chi connectivity index (χ1n) is 8.86. The van der Waals surface area contributed by atoms with E-state index in [1.165, 1.54) is 0 Å². The van der Waals surface area contributed by atoms with Gasteiger partial charge in [-0.1, -0.05) is 30.3 Å². The second-order valence-corrected chi connectivity index (χ2v) is 6.58. The number of piperidine rings is 1. The third-order valence-corrected chi connectivity index (χ3v) is 4.56. The average molecular weight is 354 g/mol. The zero-order valence-corrected chi connectivity index (χ0v) is 14.6. The van der Waals surface area contributed by atoms with Gasteiger partial charge in [0.25, 0.3) is 5.91 Å². The van der Waals surface area contributed by atoms with Crippen molar-refractivity contribution in [3.8, 4) is 11.5 Å². The maximum atomic E-state index is 12.5. The van der Waals surface area contributed by atoms with Gasteiger partial charge in [0, 0.05) is 0 Å². The first-order valence-corrected chi connectivity index (χ1v) is 8.86. The normalized spacial score (nSPS) is 19.5. The highest BCUT2D eigenvalue weighted by Crippen LogP contribution is 2.28. The van der Waals surface area contributed by atoms with Crippen LogP contribution in [0.1, 0.15) is 12.8 Å². The summed E-state index contributed by atoms with van der Waals surface area (Å²) in [4.78, 5) is 24.9. The smallest absolute Gasteiger partial charge is 0.279 e. The Kier molecular flexibility index (Phi) is 5.86. The quantitative estimate of drug-likeness (QED) is 0.729. The first-order chi connectivity index (χ1) is 12.6. The Hall–Kier alpha value is -2.86. The Balaban J connectivity index is 1.62. The fraction of sp³-hybridized carbons (Fsp3) is 0.300. The average Bonchev–Trinajstić information content (AvgIpc) is 2.64. The van der Waals surface area contributed by atoms with Gasteiger partial charge >= 0.3 is 0 Å². The Morgan fingerprint density at radius 2 is 1.85 bits per heavy atom. The lowest BCUT2D eigenvalue weighted by Crippen LogP contribution is -3.14. The van der Waals surface area contributed by atoms with Gasteiger partial charge < -0.3 is 20.7 Å². The van der Waals surface area contributed by atoms with Crippen molar-refractivity contribution in [2.45, 2.75) is 12.8 Å². The van der Waals surface area contributed by atoms with Crippen LogP contribution in [0.15, 0.2) is 54.6 Å². The molecule has 0 saturated carbocycles. The van der Waals surface area contributed by atoms with E-state index in [9.17, 15) is 9.59 Å². The van der Waals surface area contributed by atoms with Gasteiger partial charge in [-0.3, -0.25) is 9.59 Å². The molecule has 0 radical (unpaired) electrons. The zero-order valence-electron chi connectivity index (χ0n) is 14.6. The minimum atomic E-state index is -0.274. The molecular formula is C20H24N3O3+. The molecule has 0 aromatic heterocycles. The molecule has 136 valence electrons. The second kappa shape index (κ2) is 8.49. The summed E-state index contributed by atoms with van der Waals surface area (Å²) in [7, 11) is 0. The lowest BCUT2D eigenvalue weighted by molar-refractivity contribution is -0.899. The number of likely N-dealkylation sites (tertiary alicyclic amines) is 1. The largest absolute Gasteiger partial charge is 0.455 e. The SMILES string of the molecule is NC(=O)[C@H]1CCC[NH+](CC(=O)Nc2ccccc2Oc2ccccc2)C1. The topological polar surface area (TPSA) is 85.9 Å². The van der Waals surface area contributed by atoms with Gasteiger partial charge in [-0.2, -0.15) is 0 Å². The summed E-state index contributed by atoms with van der Waals surface area (Å²) in [6.07, 6.45) is 1.72. The number of anilines is 1. The standard InChI is InChI=1S/C20H23N3O3/c21-20(25)15-7-6-12-23(13-15)14-19(24)22-17-10-4-5-11-18(17)26-16-8-2-1-3-9-16/h1-5,8-11,15H,6-7,12-14H2,(H2,21,25)(H,22,24)/p+1/t15-/m0/s1. The summed E-state index contributed by atoms with van der Waals surface area (Å²) >= 11 is 0. The van der Waals surface area contributed by atoms with E-state index in [0.717, 1.165) is 24.3 Å². The Morgan fingerprint density at radius 3 is 2.62 bits per heavy atom. The van der Waals surface area contributed by atoms with E-state index >= 15 is 0 Å². The van der Waals surface area contributed by atoms with Crippen LogP contribution in [0.5, 0.6) is 11.5 Å². The van der Waals surface area contributed by atoms with Gasteiger partial charge in [0.15, 0.2) is 12.3 Å². The van der Waals surface area contributed by atoms with Gasteiger partial charge in [0.1, 0.15) is 5.75 Å². The molecule has 0 bridgehead atoms.